The highest BCUT2D eigenvalue weighted by atomic mass is 79.9. The van der Waals surface area contributed by atoms with E-state index in [0.717, 1.165) is 35.1 Å². The summed E-state index contributed by atoms with van der Waals surface area (Å²) in [6, 6.07) is 5.43. The fraction of sp³-hybridized carbons (Fsp3) is 0.333. The van der Waals surface area contributed by atoms with E-state index in [0.29, 0.717) is 4.99 Å². The number of rotatable bonds is 3. The first-order chi connectivity index (χ1) is 8.52. The van der Waals surface area contributed by atoms with Crippen LogP contribution in [-0.2, 0) is 4.79 Å². The minimum atomic E-state index is -0.304. The van der Waals surface area contributed by atoms with Gasteiger partial charge >= 0.3 is 0 Å². The molecular weight excluding hydrogens is 314 g/mol. The minimum absolute atomic E-state index is 0.271. The van der Waals surface area contributed by atoms with Gasteiger partial charge < -0.3 is 16.4 Å². The number of nitrogens with zero attached hydrogens (tertiary/aromatic N) is 1. The number of thiocarbonyl (C=S) groups is 1. The first-order valence-electron chi connectivity index (χ1n) is 5.66. The standard InChI is InChI=1S/C12H14BrN3OS/c13-7-3-1-4-8(10(7)12(15)18)16-6-2-5-9(16)11(14)17/h1,3-4,9H,2,5-6H2,(H2,14,17)(H2,15,18). The number of hydrogen-bond donors (Lipinski definition) is 2. The molecule has 1 amide bonds. The highest BCUT2D eigenvalue weighted by Gasteiger charge is 2.31. The SMILES string of the molecule is NC(=O)C1CCCN1c1cccc(Br)c1C(N)=S. The normalized spacial score (nSPS) is 18.9. The van der Waals surface area contributed by atoms with E-state index < -0.39 is 0 Å². The van der Waals surface area contributed by atoms with Gasteiger partial charge in [0.15, 0.2) is 0 Å². The zero-order valence-electron chi connectivity index (χ0n) is 9.73. The number of anilines is 1. The quantitative estimate of drug-likeness (QED) is 0.826. The van der Waals surface area contributed by atoms with E-state index in [4.69, 9.17) is 23.7 Å². The molecule has 4 N–H and O–H groups in total. The maximum Gasteiger partial charge on any atom is 0.240 e. The van der Waals surface area contributed by atoms with Gasteiger partial charge in [-0.05, 0) is 40.9 Å². The molecule has 0 spiro atoms. The molecule has 0 radical (unpaired) electrons. The number of halogens is 1. The molecule has 96 valence electrons. The summed E-state index contributed by atoms with van der Waals surface area (Å²) in [6.07, 6.45) is 1.72. The number of carbonyl (C=O) groups excluding carboxylic acids is 1. The molecule has 0 bridgehead atoms. The maximum atomic E-state index is 11.5. The topological polar surface area (TPSA) is 72.4 Å². The van der Waals surface area contributed by atoms with Gasteiger partial charge in [0.2, 0.25) is 5.91 Å². The lowest BCUT2D eigenvalue weighted by Crippen LogP contribution is -2.41. The molecule has 1 atom stereocenters. The average Bonchev–Trinajstić information content (AvgIpc) is 2.76. The Hall–Kier alpha value is -1.14. The molecule has 1 aromatic rings. The van der Waals surface area contributed by atoms with Gasteiger partial charge in [0.25, 0.3) is 0 Å². The molecular formula is C12H14BrN3OS. The van der Waals surface area contributed by atoms with Crippen LogP contribution in [0.5, 0.6) is 0 Å². The van der Waals surface area contributed by atoms with Crippen molar-refractivity contribution in [3.05, 3.63) is 28.2 Å². The number of nitrogens with two attached hydrogens (primary N) is 2. The molecule has 1 aliphatic rings. The molecule has 1 aliphatic heterocycles. The molecule has 2 rings (SSSR count). The Morgan fingerprint density at radius 1 is 1.44 bits per heavy atom. The molecule has 0 saturated carbocycles. The summed E-state index contributed by atoms with van der Waals surface area (Å²) in [5.74, 6) is -0.304. The Labute approximate surface area is 119 Å². The van der Waals surface area contributed by atoms with Crippen LogP contribution >= 0.6 is 28.1 Å². The second-order valence-corrected chi connectivity index (χ2v) is 5.55. The van der Waals surface area contributed by atoms with Gasteiger partial charge in [-0.2, -0.15) is 0 Å². The van der Waals surface area contributed by atoms with Crippen molar-refractivity contribution < 1.29 is 4.79 Å². The number of amides is 1. The third-order valence-corrected chi connectivity index (χ3v) is 3.99. The predicted octanol–water partition coefficient (Wildman–Crippen LogP) is 1.54. The van der Waals surface area contributed by atoms with Gasteiger partial charge in [-0.1, -0.05) is 18.3 Å². The van der Waals surface area contributed by atoms with Crippen LogP contribution in [0.15, 0.2) is 22.7 Å². The van der Waals surface area contributed by atoms with Gasteiger partial charge in [-0.3, -0.25) is 4.79 Å². The van der Waals surface area contributed by atoms with Crippen LogP contribution in [0.3, 0.4) is 0 Å². The van der Waals surface area contributed by atoms with E-state index in [-0.39, 0.29) is 11.9 Å². The zero-order valence-corrected chi connectivity index (χ0v) is 12.1. The van der Waals surface area contributed by atoms with E-state index in [1.54, 1.807) is 0 Å². The van der Waals surface area contributed by atoms with Crippen molar-refractivity contribution in [2.45, 2.75) is 18.9 Å². The lowest BCUT2D eigenvalue weighted by molar-refractivity contribution is -0.119. The fourth-order valence-electron chi connectivity index (χ4n) is 2.35. The van der Waals surface area contributed by atoms with Crippen LogP contribution in [0, 0.1) is 0 Å². The second kappa shape index (κ2) is 5.24. The Bertz CT molecular complexity index is 506. The summed E-state index contributed by atoms with van der Waals surface area (Å²) in [6.45, 7) is 0.791. The second-order valence-electron chi connectivity index (χ2n) is 4.25. The molecule has 1 aromatic carbocycles. The summed E-state index contributed by atoms with van der Waals surface area (Å²) in [5, 5.41) is 0. The Morgan fingerprint density at radius 3 is 2.78 bits per heavy atom. The fourth-order valence-corrected chi connectivity index (χ4v) is 3.26. The first kappa shape index (κ1) is 13.3. The van der Waals surface area contributed by atoms with Gasteiger partial charge in [0.05, 0.1) is 0 Å². The van der Waals surface area contributed by atoms with E-state index in [2.05, 4.69) is 15.9 Å². The lowest BCUT2D eigenvalue weighted by Gasteiger charge is -2.27. The van der Waals surface area contributed by atoms with Crippen molar-refractivity contribution in [3.8, 4) is 0 Å². The molecule has 1 heterocycles. The van der Waals surface area contributed by atoms with E-state index in [9.17, 15) is 4.79 Å². The Morgan fingerprint density at radius 2 is 2.17 bits per heavy atom. The molecule has 18 heavy (non-hydrogen) atoms. The summed E-state index contributed by atoms with van der Waals surface area (Å²) >= 11 is 8.52. The summed E-state index contributed by atoms with van der Waals surface area (Å²) in [5.41, 5.74) is 12.8. The van der Waals surface area contributed by atoms with Crippen LogP contribution in [0.1, 0.15) is 18.4 Å². The van der Waals surface area contributed by atoms with Crippen molar-refractivity contribution in [1.82, 2.24) is 0 Å². The summed E-state index contributed by atoms with van der Waals surface area (Å²) in [7, 11) is 0. The molecule has 1 fully saturated rings. The van der Waals surface area contributed by atoms with E-state index in [1.807, 2.05) is 23.1 Å². The lowest BCUT2D eigenvalue weighted by atomic mass is 10.1. The van der Waals surface area contributed by atoms with Crippen molar-refractivity contribution in [2.24, 2.45) is 11.5 Å². The molecule has 6 heteroatoms. The van der Waals surface area contributed by atoms with Crippen LogP contribution in [0.25, 0.3) is 0 Å². The van der Waals surface area contributed by atoms with Crippen LogP contribution in [0.2, 0.25) is 0 Å². The average molecular weight is 328 g/mol. The highest BCUT2D eigenvalue weighted by molar-refractivity contribution is 9.10. The third kappa shape index (κ3) is 2.35. The number of primary amides is 1. The molecule has 0 aliphatic carbocycles. The Balaban J connectivity index is 2.48. The van der Waals surface area contributed by atoms with E-state index in [1.165, 1.54) is 0 Å². The van der Waals surface area contributed by atoms with Crippen LogP contribution < -0.4 is 16.4 Å². The largest absolute Gasteiger partial charge is 0.389 e. The van der Waals surface area contributed by atoms with Gasteiger partial charge in [-0.25, -0.2) is 0 Å². The summed E-state index contributed by atoms with van der Waals surface area (Å²) in [4.78, 5) is 13.8. The molecule has 1 saturated heterocycles. The maximum absolute atomic E-state index is 11.5. The van der Waals surface area contributed by atoms with Gasteiger partial charge in [0, 0.05) is 22.3 Å². The molecule has 4 nitrogen and oxygen atoms in total. The smallest absolute Gasteiger partial charge is 0.240 e. The van der Waals surface area contributed by atoms with Crippen LogP contribution in [-0.4, -0.2) is 23.5 Å². The minimum Gasteiger partial charge on any atom is -0.389 e. The first-order valence-corrected chi connectivity index (χ1v) is 6.86. The molecule has 0 aromatic heterocycles. The predicted molar refractivity (Wildman–Crippen MR) is 79.6 cm³/mol. The highest BCUT2D eigenvalue weighted by Crippen LogP contribution is 2.32. The number of hydrogen-bond acceptors (Lipinski definition) is 3. The van der Waals surface area contributed by atoms with E-state index >= 15 is 0 Å². The Kier molecular flexibility index (Phi) is 3.87. The van der Waals surface area contributed by atoms with Crippen LogP contribution in [0.4, 0.5) is 5.69 Å². The third-order valence-electron chi connectivity index (χ3n) is 3.13. The zero-order chi connectivity index (χ0) is 13.3. The van der Waals surface area contributed by atoms with Crippen molar-refractivity contribution >= 4 is 44.7 Å². The van der Waals surface area contributed by atoms with Crippen molar-refractivity contribution in [2.75, 3.05) is 11.4 Å². The van der Waals surface area contributed by atoms with Crippen molar-refractivity contribution in [1.29, 1.82) is 0 Å². The monoisotopic (exact) mass is 327 g/mol. The van der Waals surface area contributed by atoms with Gasteiger partial charge in [0.1, 0.15) is 11.0 Å². The number of carbonyl (C=O) groups is 1. The number of benzene rings is 1. The van der Waals surface area contributed by atoms with Crippen molar-refractivity contribution in [3.63, 3.8) is 0 Å². The van der Waals surface area contributed by atoms with Gasteiger partial charge in [-0.15, -0.1) is 0 Å². The summed E-state index contributed by atoms with van der Waals surface area (Å²) < 4.78 is 0.836. The molecule has 1 unspecified atom stereocenters.